The van der Waals surface area contributed by atoms with Crippen LogP contribution in [0.4, 0.5) is 22.7 Å². The molecule has 0 saturated carbocycles. The maximum Gasteiger partial charge on any atom is 0.243 e. The number of carbonyl (C=O) groups excluding carboxylic acids is 1. The van der Waals surface area contributed by atoms with E-state index in [1.165, 1.54) is 0 Å². The maximum absolute atomic E-state index is 13.1. The number of hydrogen-bond donors (Lipinski definition) is 2. The highest BCUT2D eigenvalue weighted by atomic mass is 16.3. The van der Waals surface area contributed by atoms with E-state index in [2.05, 4.69) is 76.8 Å². The van der Waals surface area contributed by atoms with Crippen molar-refractivity contribution in [2.75, 3.05) is 41.3 Å². The van der Waals surface area contributed by atoms with Crippen molar-refractivity contribution in [3.8, 4) is 0 Å². The van der Waals surface area contributed by atoms with E-state index >= 15 is 0 Å². The smallest absolute Gasteiger partial charge is 0.243 e. The van der Waals surface area contributed by atoms with Crippen LogP contribution in [0.15, 0.2) is 114 Å². The van der Waals surface area contributed by atoms with Gasteiger partial charge in [0.15, 0.2) is 0 Å². The summed E-state index contributed by atoms with van der Waals surface area (Å²) in [6, 6.07) is 17.0. The Labute approximate surface area is 256 Å². The van der Waals surface area contributed by atoms with Crippen LogP contribution in [-0.4, -0.2) is 56.9 Å². The first kappa shape index (κ1) is 27.7. The minimum absolute atomic E-state index is 0.0938. The molecular formula is C34H37N8O2+. The van der Waals surface area contributed by atoms with Gasteiger partial charge in [0, 0.05) is 61.1 Å². The highest BCUT2D eigenvalue weighted by molar-refractivity contribution is 6.24. The summed E-state index contributed by atoms with van der Waals surface area (Å²) < 4.78 is 6.52. The molecule has 2 atom stereocenters. The Balaban J connectivity index is 1.03. The van der Waals surface area contributed by atoms with Crippen LogP contribution in [0.25, 0.3) is 0 Å². The number of aromatic nitrogens is 4. The molecule has 0 spiro atoms. The number of aliphatic hydroxyl groups is 1. The van der Waals surface area contributed by atoms with E-state index in [0.29, 0.717) is 29.2 Å². The van der Waals surface area contributed by atoms with Gasteiger partial charge in [0.2, 0.25) is 12.1 Å². The molecule has 4 heterocycles. The van der Waals surface area contributed by atoms with Crippen molar-refractivity contribution < 1.29 is 14.5 Å². The Morgan fingerprint density at radius 2 is 1.59 bits per heavy atom. The fraction of sp³-hybridized carbons (Fsp3) is 0.294. The third-order valence-corrected chi connectivity index (χ3v) is 8.92. The average molecular weight is 590 g/mol. The van der Waals surface area contributed by atoms with Gasteiger partial charge in [-0.2, -0.15) is 0 Å². The molecule has 224 valence electrons. The molecule has 2 aromatic carbocycles. The molecule has 10 nitrogen and oxygen atoms in total. The van der Waals surface area contributed by atoms with E-state index < -0.39 is 0 Å². The summed E-state index contributed by atoms with van der Waals surface area (Å²) in [6.45, 7) is 5.49. The molecule has 1 aliphatic carbocycles. The van der Waals surface area contributed by atoms with Crippen molar-refractivity contribution in [1.82, 2.24) is 14.1 Å². The van der Waals surface area contributed by atoms with Gasteiger partial charge in [-0.1, -0.05) is 0 Å². The molecule has 44 heavy (non-hydrogen) atoms. The van der Waals surface area contributed by atoms with Crippen molar-refractivity contribution >= 4 is 34.2 Å². The van der Waals surface area contributed by atoms with E-state index in [1.54, 1.807) is 13.0 Å². The fourth-order valence-corrected chi connectivity index (χ4v) is 6.35. The Hall–Kier alpha value is -5.12. The van der Waals surface area contributed by atoms with E-state index in [1.807, 2.05) is 50.0 Å². The van der Waals surface area contributed by atoms with Gasteiger partial charge in [-0.25, -0.2) is 19.1 Å². The van der Waals surface area contributed by atoms with Crippen LogP contribution >= 0.6 is 0 Å². The number of anilines is 3. The average Bonchev–Trinajstić information content (AvgIpc) is 3.86. The number of ketones is 1. The van der Waals surface area contributed by atoms with Gasteiger partial charge >= 0.3 is 0 Å². The van der Waals surface area contributed by atoms with Gasteiger partial charge < -0.3 is 24.8 Å². The molecule has 7 rings (SSSR count). The maximum atomic E-state index is 13.1. The standard InChI is InChI=1S/C34H36N8O2/c1-24-33(43)31(36-25-3-7-27(8-4-25)39-14-11-29(20-39)41-16-13-35-22-41)19-32(34(24)44)37-26-5-9-28(10-6-26)40-15-12-30(21-40)42-18-17-38(2)23-42/h3-10,13,16-19,22-23,29-30H,11-12,14-15,20-21H2,1-2H3,(H-,36,37,43,44)/p+1. The number of allylic oxidation sites excluding steroid dienone is 2. The number of rotatable bonds is 7. The Kier molecular flexibility index (Phi) is 7.25. The lowest BCUT2D eigenvalue weighted by Crippen LogP contribution is -2.25. The van der Waals surface area contributed by atoms with Gasteiger partial charge in [-0.3, -0.25) is 4.79 Å². The second-order valence-corrected chi connectivity index (χ2v) is 11.9. The van der Waals surface area contributed by atoms with E-state index in [-0.39, 0.29) is 17.1 Å². The second kappa shape index (κ2) is 11.5. The molecule has 0 radical (unpaired) electrons. The zero-order chi connectivity index (χ0) is 30.2. The third kappa shape index (κ3) is 5.50. The molecule has 2 N–H and O–H groups in total. The summed E-state index contributed by atoms with van der Waals surface area (Å²) in [5, 5.41) is 14.1. The predicted molar refractivity (Wildman–Crippen MR) is 172 cm³/mol. The zero-order valence-corrected chi connectivity index (χ0v) is 25.0. The number of Topliss-reactive ketones (excluding diaryl/α,β-unsaturated/α-hetero) is 1. The van der Waals surface area contributed by atoms with Crippen molar-refractivity contribution in [1.29, 1.82) is 0 Å². The number of nitrogens with zero attached hydrogens (tertiary/aromatic N) is 7. The summed E-state index contributed by atoms with van der Waals surface area (Å²) in [5.41, 5.74) is 4.81. The van der Waals surface area contributed by atoms with Gasteiger partial charge in [-0.15, -0.1) is 0 Å². The number of nitrogens with one attached hydrogen (secondary N) is 1. The topological polar surface area (TPSA) is 94.8 Å². The largest absolute Gasteiger partial charge is 0.505 e. The number of benzene rings is 2. The molecule has 2 unspecified atom stereocenters. The van der Waals surface area contributed by atoms with Crippen LogP contribution in [0.2, 0.25) is 0 Å². The van der Waals surface area contributed by atoms with Crippen molar-refractivity contribution in [3.05, 3.63) is 109 Å². The number of aryl methyl sites for hydroxylation is 1. The van der Waals surface area contributed by atoms with Crippen molar-refractivity contribution in [2.45, 2.75) is 31.8 Å². The Bertz CT molecular complexity index is 1750. The monoisotopic (exact) mass is 589 g/mol. The first-order valence-corrected chi connectivity index (χ1v) is 15.1. The van der Waals surface area contributed by atoms with Crippen molar-refractivity contribution in [2.24, 2.45) is 12.0 Å². The highest BCUT2D eigenvalue weighted by Gasteiger charge is 2.28. The van der Waals surface area contributed by atoms with E-state index in [4.69, 9.17) is 4.99 Å². The van der Waals surface area contributed by atoms with Gasteiger partial charge in [0.1, 0.15) is 29.9 Å². The van der Waals surface area contributed by atoms with E-state index in [0.717, 1.165) is 56.1 Å². The molecule has 10 heteroatoms. The highest BCUT2D eigenvalue weighted by Crippen LogP contribution is 2.31. The van der Waals surface area contributed by atoms with Crippen LogP contribution in [0.3, 0.4) is 0 Å². The fourth-order valence-electron chi connectivity index (χ4n) is 6.35. The molecule has 2 saturated heterocycles. The molecule has 0 amide bonds. The lowest BCUT2D eigenvalue weighted by atomic mass is 9.99. The number of aliphatic hydroxyl groups excluding tert-OH is 1. The molecule has 3 aliphatic rings. The van der Waals surface area contributed by atoms with Crippen LogP contribution < -0.4 is 19.7 Å². The minimum atomic E-state index is -0.247. The third-order valence-electron chi connectivity index (χ3n) is 8.92. The van der Waals surface area contributed by atoms with Crippen LogP contribution in [0.1, 0.15) is 31.8 Å². The number of aliphatic imine (C=N–C) groups is 1. The zero-order valence-electron chi connectivity index (χ0n) is 25.0. The molecule has 2 aliphatic heterocycles. The quantitative estimate of drug-likeness (QED) is 0.235. The van der Waals surface area contributed by atoms with Crippen molar-refractivity contribution in [3.63, 3.8) is 0 Å². The van der Waals surface area contributed by atoms with Gasteiger partial charge in [0.05, 0.1) is 37.3 Å². The Morgan fingerprint density at radius 3 is 2.20 bits per heavy atom. The molecular weight excluding hydrogens is 552 g/mol. The van der Waals surface area contributed by atoms with Crippen LogP contribution in [-0.2, 0) is 11.8 Å². The van der Waals surface area contributed by atoms with Gasteiger partial charge in [-0.05, 0) is 68.0 Å². The number of carbonyl (C=O) groups is 1. The summed E-state index contributed by atoms with van der Waals surface area (Å²) in [5.74, 6) is -0.341. The molecule has 2 fully saturated rings. The first-order chi connectivity index (χ1) is 21.4. The lowest BCUT2D eigenvalue weighted by Gasteiger charge is -2.20. The molecule has 0 bridgehead atoms. The summed E-state index contributed by atoms with van der Waals surface area (Å²) >= 11 is 0. The van der Waals surface area contributed by atoms with E-state index in [9.17, 15) is 9.90 Å². The summed E-state index contributed by atoms with van der Waals surface area (Å²) in [6.07, 6.45) is 15.8. The second-order valence-electron chi connectivity index (χ2n) is 11.9. The van der Waals surface area contributed by atoms with Crippen LogP contribution in [0, 0.1) is 0 Å². The van der Waals surface area contributed by atoms with Crippen LogP contribution in [0.5, 0.6) is 0 Å². The van der Waals surface area contributed by atoms with Gasteiger partial charge in [0.25, 0.3) is 0 Å². The lowest BCUT2D eigenvalue weighted by molar-refractivity contribution is -0.671. The first-order valence-electron chi connectivity index (χ1n) is 15.1. The number of imidazole rings is 2. The summed E-state index contributed by atoms with van der Waals surface area (Å²) in [4.78, 5) is 26.7. The molecule has 4 aromatic rings. The molecule has 2 aromatic heterocycles. The normalized spacial score (nSPS) is 21.5. The SMILES string of the molecule is CC1=C(O)/C(=N\c2ccc(N3CCC(n4cc[n+](C)c4)C3)cc2)C=C(Nc2ccc(N3CCC(n4ccnc4)C3)cc2)C1=O. The summed E-state index contributed by atoms with van der Waals surface area (Å²) in [7, 11) is 2.04. The Morgan fingerprint density at radius 1 is 0.932 bits per heavy atom. The predicted octanol–water partition coefficient (Wildman–Crippen LogP) is 4.90. The minimum Gasteiger partial charge on any atom is -0.505 e. The number of hydrogen-bond acceptors (Lipinski definition) is 7.